The number of benzene rings is 2. The number of rotatable bonds is 3. The molecule has 1 heterocycles. The highest BCUT2D eigenvalue weighted by Gasteiger charge is 2.30. The number of carbonyl (C=O) groups excluding carboxylic acids is 1. The van der Waals surface area contributed by atoms with Gasteiger partial charge in [0, 0.05) is 23.9 Å². The van der Waals surface area contributed by atoms with Gasteiger partial charge in [0.05, 0.1) is 5.56 Å². The summed E-state index contributed by atoms with van der Waals surface area (Å²) in [5, 5.41) is 8.68. The summed E-state index contributed by atoms with van der Waals surface area (Å²) in [6.07, 6.45) is -4.47. The van der Waals surface area contributed by atoms with Gasteiger partial charge in [-0.2, -0.15) is 18.2 Å². The van der Waals surface area contributed by atoms with E-state index in [9.17, 15) is 18.0 Å². The van der Waals surface area contributed by atoms with E-state index in [2.05, 4.69) is 20.8 Å². The molecule has 26 heavy (non-hydrogen) atoms. The van der Waals surface area contributed by atoms with Gasteiger partial charge in [-0.1, -0.05) is 11.2 Å². The minimum atomic E-state index is -4.47. The van der Waals surface area contributed by atoms with Crippen LogP contribution in [-0.4, -0.2) is 16.2 Å². The number of hydrogen-bond donors (Lipinski definition) is 2. The fourth-order valence-electron chi connectivity index (χ4n) is 2.19. The third-order valence-electron chi connectivity index (χ3n) is 3.38. The van der Waals surface area contributed by atoms with Crippen LogP contribution < -0.4 is 10.6 Å². The van der Waals surface area contributed by atoms with E-state index in [4.69, 9.17) is 4.52 Å². The zero-order valence-electron chi connectivity index (χ0n) is 13.5. The molecule has 1 aromatic heterocycles. The van der Waals surface area contributed by atoms with Crippen molar-refractivity contribution in [2.75, 3.05) is 10.6 Å². The second-order valence-corrected chi connectivity index (χ2v) is 5.37. The van der Waals surface area contributed by atoms with E-state index in [-0.39, 0.29) is 5.69 Å². The summed E-state index contributed by atoms with van der Waals surface area (Å²) in [7, 11) is 0. The second kappa shape index (κ2) is 6.87. The van der Waals surface area contributed by atoms with Crippen molar-refractivity contribution in [1.82, 2.24) is 10.1 Å². The maximum absolute atomic E-state index is 12.7. The molecule has 0 bridgehead atoms. The van der Waals surface area contributed by atoms with Gasteiger partial charge in [0.15, 0.2) is 0 Å². The molecule has 0 spiro atoms. The number of hydrogen-bond acceptors (Lipinski definition) is 4. The molecule has 2 amide bonds. The first-order chi connectivity index (χ1) is 12.3. The van der Waals surface area contributed by atoms with Crippen molar-refractivity contribution >= 4 is 17.4 Å². The fourth-order valence-corrected chi connectivity index (χ4v) is 2.19. The molecule has 0 unspecified atom stereocenters. The molecule has 0 aliphatic carbocycles. The molecular weight excluding hydrogens is 349 g/mol. The van der Waals surface area contributed by atoms with Crippen molar-refractivity contribution in [1.29, 1.82) is 0 Å². The van der Waals surface area contributed by atoms with Gasteiger partial charge >= 0.3 is 12.2 Å². The highest BCUT2D eigenvalue weighted by molar-refractivity contribution is 5.99. The molecule has 3 aromatic rings. The molecule has 0 aliphatic heterocycles. The summed E-state index contributed by atoms with van der Waals surface area (Å²) in [6.45, 7) is 1.67. The third kappa shape index (κ3) is 4.18. The molecule has 2 aromatic carbocycles. The Kier molecular flexibility index (Phi) is 4.61. The van der Waals surface area contributed by atoms with E-state index in [1.54, 1.807) is 31.2 Å². The number of anilines is 2. The standard InChI is InChI=1S/C17H13F3N4O2/c1-10-21-15(24-26-10)11-5-7-13(8-6-11)22-16(25)23-14-4-2-3-12(9-14)17(18,19)20/h2-9H,1H3,(H2,22,23,25). The summed E-state index contributed by atoms with van der Waals surface area (Å²) in [6, 6.07) is 10.3. The lowest BCUT2D eigenvalue weighted by Crippen LogP contribution is -2.19. The van der Waals surface area contributed by atoms with Crippen molar-refractivity contribution in [3.63, 3.8) is 0 Å². The summed E-state index contributed by atoms with van der Waals surface area (Å²) in [5.41, 5.74) is 0.357. The van der Waals surface area contributed by atoms with Crippen LogP contribution in [0, 0.1) is 6.92 Å². The van der Waals surface area contributed by atoms with Crippen LogP contribution >= 0.6 is 0 Å². The lowest BCUT2D eigenvalue weighted by Gasteiger charge is -2.11. The van der Waals surface area contributed by atoms with Crippen LogP contribution in [-0.2, 0) is 6.18 Å². The van der Waals surface area contributed by atoms with Gasteiger partial charge in [0.1, 0.15) is 0 Å². The van der Waals surface area contributed by atoms with Crippen LogP contribution in [0.4, 0.5) is 29.3 Å². The van der Waals surface area contributed by atoms with Crippen LogP contribution in [0.1, 0.15) is 11.5 Å². The van der Waals surface area contributed by atoms with Gasteiger partial charge in [0.2, 0.25) is 11.7 Å². The Balaban J connectivity index is 1.65. The van der Waals surface area contributed by atoms with Crippen molar-refractivity contribution < 1.29 is 22.5 Å². The minimum Gasteiger partial charge on any atom is -0.339 e. The van der Waals surface area contributed by atoms with Crippen LogP contribution in [0.2, 0.25) is 0 Å². The Morgan fingerprint density at radius 2 is 1.73 bits per heavy atom. The molecule has 134 valence electrons. The highest BCUT2D eigenvalue weighted by atomic mass is 19.4. The zero-order valence-corrected chi connectivity index (χ0v) is 13.5. The zero-order chi connectivity index (χ0) is 18.7. The van der Waals surface area contributed by atoms with Gasteiger partial charge in [-0.3, -0.25) is 0 Å². The van der Waals surface area contributed by atoms with Crippen molar-refractivity contribution in [3.05, 3.63) is 60.0 Å². The van der Waals surface area contributed by atoms with E-state index < -0.39 is 17.8 Å². The van der Waals surface area contributed by atoms with Gasteiger partial charge in [-0.25, -0.2) is 4.79 Å². The van der Waals surface area contributed by atoms with E-state index in [1.807, 2.05) is 0 Å². The molecule has 0 aliphatic rings. The predicted octanol–water partition coefficient (Wildman–Crippen LogP) is 4.71. The van der Waals surface area contributed by atoms with E-state index in [1.165, 1.54) is 12.1 Å². The lowest BCUT2D eigenvalue weighted by atomic mass is 10.2. The topological polar surface area (TPSA) is 80.0 Å². The van der Waals surface area contributed by atoms with Crippen molar-refractivity contribution in [2.24, 2.45) is 0 Å². The Hall–Kier alpha value is -3.36. The fraction of sp³-hybridized carbons (Fsp3) is 0.118. The summed E-state index contributed by atoms with van der Waals surface area (Å²) >= 11 is 0. The molecule has 0 fully saturated rings. The Bertz CT molecular complexity index is 920. The normalized spacial score (nSPS) is 11.2. The molecule has 3 rings (SSSR count). The number of nitrogens with zero attached hydrogens (tertiary/aromatic N) is 2. The van der Waals surface area contributed by atoms with E-state index in [0.29, 0.717) is 23.0 Å². The van der Waals surface area contributed by atoms with Gasteiger partial charge in [-0.05, 0) is 42.5 Å². The van der Waals surface area contributed by atoms with Crippen LogP contribution in [0.15, 0.2) is 53.1 Å². The monoisotopic (exact) mass is 362 g/mol. The summed E-state index contributed by atoms with van der Waals surface area (Å²) in [5.74, 6) is 0.852. The summed E-state index contributed by atoms with van der Waals surface area (Å²) < 4.78 is 43.0. The maximum Gasteiger partial charge on any atom is 0.416 e. The number of aromatic nitrogens is 2. The van der Waals surface area contributed by atoms with Gasteiger partial charge < -0.3 is 15.2 Å². The van der Waals surface area contributed by atoms with Crippen molar-refractivity contribution in [3.8, 4) is 11.4 Å². The number of nitrogens with one attached hydrogen (secondary N) is 2. The Morgan fingerprint density at radius 3 is 2.35 bits per heavy atom. The maximum atomic E-state index is 12.7. The molecule has 6 nitrogen and oxygen atoms in total. The SMILES string of the molecule is Cc1nc(-c2ccc(NC(=O)Nc3cccc(C(F)(F)F)c3)cc2)no1. The molecule has 2 N–H and O–H groups in total. The minimum absolute atomic E-state index is 0.0382. The van der Waals surface area contributed by atoms with E-state index in [0.717, 1.165) is 12.1 Å². The number of carbonyl (C=O) groups is 1. The summed E-state index contributed by atoms with van der Waals surface area (Å²) in [4.78, 5) is 16.0. The number of alkyl halides is 3. The highest BCUT2D eigenvalue weighted by Crippen LogP contribution is 2.30. The largest absolute Gasteiger partial charge is 0.416 e. The molecule has 0 saturated heterocycles. The van der Waals surface area contributed by atoms with Gasteiger partial charge in [0.25, 0.3) is 0 Å². The number of urea groups is 1. The average Bonchev–Trinajstić information content (AvgIpc) is 3.01. The smallest absolute Gasteiger partial charge is 0.339 e. The molecule has 0 atom stereocenters. The molecule has 0 radical (unpaired) electrons. The molecule has 0 saturated carbocycles. The van der Waals surface area contributed by atoms with Gasteiger partial charge in [-0.15, -0.1) is 0 Å². The first kappa shape index (κ1) is 17.5. The molecule has 9 heteroatoms. The van der Waals surface area contributed by atoms with Crippen molar-refractivity contribution in [2.45, 2.75) is 13.1 Å². The second-order valence-electron chi connectivity index (χ2n) is 5.37. The quantitative estimate of drug-likeness (QED) is 0.707. The number of aryl methyl sites for hydroxylation is 1. The number of halogens is 3. The Labute approximate surface area is 146 Å². The third-order valence-corrected chi connectivity index (χ3v) is 3.38. The first-order valence-electron chi connectivity index (χ1n) is 7.47. The Morgan fingerprint density at radius 1 is 1.04 bits per heavy atom. The van der Waals surface area contributed by atoms with E-state index >= 15 is 0 Å². The first-order valence-corrected chi connectivity index (χ1v) is 7.47. The lowest BCUT2D eigenvalue weighted by molar-refractivity contribution is -0.137. The predicted molar refractivity (Wildman–Crippen MR) is 88.6 cm³/mol. The van der Waals surface area contributed by atoms with Crippen LogP contribution in [0.3, 0.4) is 0 Å². The number of amides is 2. The molecular formula is C17H13F3N4O2. The van der Waals surface area contributed by atoms with Crippen LogP contribution in [0.25, 0.3) is 11.4 Å². The average molecular weight is 362 g/mol. The van der Waals surface area contributed by atoms with Crippen LogP contribution in [0.5, 0.6) is 0 Å².